The highest BCUT2D eigenvalue weighted by atomic mass is 16.5. The number of carbonyl (C=O) groups excluding carboxylic acids is 2. The number of rotatable bonds is 9. The Hall–Kier alpha value is -3.16. The third-order valence-corrected chi connectivity index (χ3v) is 5.54. The lowest BCUT2D eigenvalue weighted by molar-refractivity contribution is -0.148. The average Bonchev–Trinajstić information content (AvgIpc) is 2.80. The molecular formula is C23H29N3O5. The van der Waals surface area contributed by atoms with Crippen LogP contribution in [0.5, 0.6) is 0 Å². The second-order valence-electron chi connectivity index (χ2n) is 7.70. The van der Waals surface area contributed by atoms with Gasteiger partial charge in [-0.25, -0.2) is 0 Å². The van der Waals surface area contributed by atoms with Gasteiger partial charge in [-0.3, -0.25) is 19.2 Å². The van der Waals surface area contributed by atoms with E-state index in [1.807, 2.05) is 24.0 Å². The van der Waals surface area contributed by atoms with E-state index in [2.05, 4.69) is 10.6 Å². The molecule has 0 aromatic heterocycles. The number of esters is 1. The van der Waals surface area contributed by atoms with Crippen molar-refractivity contribution in [2.45, 2.75) is 39.7 Å². The van der Waals surface area contributed by atoms with Crippen LogP contribution in [0.1, 0.15) is 49.0 Å². The minimum Gasteiger partial charge on any atom is -0.466 e. The molecule has 0 aliphatic carbocycles. The predicted octanol–water partition coefficient (Wildman–Crippen LogP) is 1.81. The number of hydrogen-bond acceptors (Lipinski definition) is 7. The van der Waals surface area contributed by atoms with Gasteiger partial charge in [-0.1, -0.05) is 19.1 Å². The van der Waals surface area contributed by atoms with E-state index in [-0.39, 0.29) is 17.8 Å². The molecule has 8 nitrogen and oxygen atoms in total. The molecule has 0 saturated carbocycles. The quantitative estimate of drug-likeness (QED) is 0.465. The molecule has 1 amide bonds. The Morgan fingerprint density at radius 1 is 1.06 bits per heavy atom. The number of nitrogens with one attached hydrogen (secondary N) is 2. The fourth-order valence-corrected chi connectivity index (χ4v) is 3.75. The molecule has 1 aliphatic rings. The molecular weight excluding hydrogens is 398 g/mol. The van der Waals surface area contributed by atoms with Gasteiger partial charge in [-0.05, 0) is 43.9 Å². The summed E-state index contributed by atoms with van der Waals surface area (Å²) in [4.78, 5) is 50.1. The van der Waals surface area contributed by atoms with Crippen molar-refractivity contribution in [3.05, 3.63) is 55.8 Å². The third kappa shape index (κ3) is 5.13. The first kappa shape index (κ1) is 22.5. The summed E-state index contributed by atoms with van der Waals surface area (Å²) in [7, 11) is 0. The lowest BCUT2D eigenvalue weighted by atomic mass is 9.96. The first-order chi connectivity index (χ1) is 15.0. The number of nitrogens with zero attached hydrogens (tertiary/aromatic N) is 1. The summed E-state index contributed by atoms with van der Waals surface area (Å²) in [6, 6.07) is 7.13. The topological polar surface area (TPSA) is 105 Å². The van der Waals surface area contributed by atoms with Gasteiger partial charge < -0.3 is 20.3 Å². The lowest BCUT2D eigenvalue weighted by Gasteiger charge is -2.34. The molecule has 1 fully saturated rings. The van der Waals surface area contributed by atoms with Gasteiger partial charge in [0.1, 0.15) is 11.4 Å². The second kappa shape index (κ2) is 10.2. The van der Waals surface area contributed by atoms with Gasteiger partial charge in [0.15, 0.2) is 0 Å². The first-order valence-electron chi connectivity index (χ1n) is 10.8. The van der Waals surface area contributed by atoms with Crippen LogP contribution in [0.15, 0.2) is 33.9 Å². The molecule has 166 valence electrons. The van der Waals surface area contributed by atoms with Gasteiger partial charge >= 0.3 is 5.97 Å². The van der Waals surface area contributed by atoms with Crippen molar-refractivity contribution in [1.82, 2.24) is 5.32 Å². The fourth-order valence-electron chi connectivity index (χ4n) is 3.75. The Kier molecular flexibility index (Phi) is 7.44. The van der Waals surface area contributed by atoms with Crippen molar-refractivity contribution < 1.29 is 14.3 Å². The summed E-state index contributed by atoms with van der Waals surface area (Å²) < 4.78 is 5.08. The highest BCUT2D eigenvalue weighted by Crippen LogP contribution is 2.27. The molecule has 1 heterocycles. The Balaban J connectivity index is 1.59. The fraction of sp³-hybridized carbons (Fsp3) is 0.478. The molecule has 2 aromatic carbocycles. The van der Waals surface area contributed by atoms with Crippen LogP contribution in [0.25, 0.3) is 0 Å². The summed E-state index contributed by atoms with van der Waals surface area (Å²) in [5, 5.41) is 5.90. The zero-order valence-electron chi connectivity index (χ0n) is 18.0. The Bertz CT molecular complexity index is 984. The molecule has 8 heteroatoms. The van der Waals surface area contributed by atoms with Crippen molar-refractivity contribution >= 4 is 23.3 Å². The van der Waals surface area contributed by atoms with E-state index in [9.17, 15) is 19.2 Å². The molecule has 2 aromatic rings. The monoisotopic (exact) mass is 427 g/mol. The van der Waals surface area contributed by atoms with Crippen molar-refractivity contribution in [1.29, 1.82) is 0 Å². The van der Waals surface area contributed by atoms with Gasteiger partial charge in [0, 0.05) is 31.7 Å². The zero-order valence-corrected chi connectivity index (χ0v) is 18.0. The van der Waals surface area contributed by atoms with Gasteiger partial charge in [0.25, 0.3) is 16.8 Å². The lowest BCUT2D eigenvalue weighted by Crippen LogP contribution is -2.46. The average molecular weight is 428 g/mol. The van der Waals surface area contributed by atoms with E-state index in [4.69, 9.17) is 4.74 Å². The van der Waals surface area contributed by atoms with Gasteiger partial charge in [-0.2, -0.15) is 0 Å². The molecule has 1 aliphatic heterocycles. The molecule has 0 spiro atoms. The largest absolute Gasteiger partial charge is 0.466 e. The Morgan fingerprint density at radius 3 is 2.35 bits per heavy atom. The Labute approximate surface area is 181 Å². The van der Waals surface area contributed by atoms with Crippen LogP contribution >= 0.6 is 0 Å². The number of amides is 1. The van der Waals surface area contributed by atoms with E-state index >= 15 is 0 Å². The summed E-state index contributed by atoms with van der Waals surface area (Å²) in [5.74, 6) is -0.471. The summed E-state index contributed by atoms with van der Waals surface area (Å²) in [6.07, 6.45) is 2.07. The van der Waals surface area contributed by atoms with E-state index in [0.29, 0.717) is 62.6 Å². The highest BCUT2D eigenvalue weighted by molar-refractivity contribution is 5.94. The van der Waals surface area contributed by atoms with Crippen molar-refractivity contribution in [3.8, 4) is 0 Å². The van der Waals surface area contributed by atoms with Crippen LogP contribution in [0.4, 0.5) is 11.4 Å². The van der Waals surface area contributed by atoms with Crippen LogP contribution in [0.3, 0.4) is 0 Å². The SMILES string of the molecule is CCCNC(=O)c1ccc(CNc2c(N3CCC(C(=O)OCC)CC3)c(=O)c2=O)cc1. The Morgan fingerprint density at radius 2 is 1.74 bits per heavy atom. The normalized spacial score (nSPS) is 14.5. The van der Waals surface area contributed by atoms with E-state index in [1.54, 1.807) is 19.1 Å². The van der Waals surface area contributed by atoms with Crippen LogP contribution in [-0.4, -0.2) is 38.1 Å². The molecule has 0 atom stereocenters. The van der Waals surface area contributed by atoms with Gasteiger partial charge in [0.05, 0.1) is 12.5 Å². The molecule has 2 N–H and O–H groups in total. The smallest absolute Gasteiger partial charge is 0.309 e. The molecule has 0 unspecified atom stereocenters. The second-order valence-corrected chi connectivity index (χ2v) is 7.70. The number of piperidine rings is 1. The first-order valence-corrected chi connectivity index (χ1v) is 10.8. The maximum absolute atomic E-state index is 12.2. The number of benzene rings is 1. The standard InChI is InChI=1S/C23H29N3O5/c1-3-11-24-22(29)16-7-5-15(6-8-16)14-25-18-19(21(28)20(18)27)26-12-9-17(10-13-26)23(30)31-4-2/h5-8,17,25H,3-4,9-14H2,1-2H3,(H,24,29). The van der Waals surface area contributed by atoms with Gasteiger partial charge in [-0.15, -0.1) is 0 Å². The van der Waals surface area contributed by atoms with Crippen molar-refractivity contribution in [3.63, 3.8) is 0 Å². The van der Waals surface area contributed by atoms with Crippen LogP contribution in [0, 0.1) is 5.92 Å². The number of anilines is 2. The number of carbonyl (C=O) groups is 2. The molecule has 31 heavy (non-hydrogen) atoms. The maximum atomic E-state index is 12.2. The summed E-state index contributed by atoms with van der Waals surface area (Å²) in [5.41, 5.74) is 1.20. The summed E-state index contributed by atoms with van der Waals surface area (Å²) in [6.45, 7) is 6.20. The van der Waals surface area contributed by atoms with Crippen LogP contribution in [0.2, 0.25) is 0 Å². The highest BCUT2D eigenvalue weighted by Gasteiger charge is 2.31. The predicted molar refractivity (Wildman–Crippen MR) is 119 cm³/mol. The van der Waals surface area contributed by atoms with E-state index < -0.39 is 10.9 Å². The van der Waals surface area contributed by atoms with Gasteiger partial charge in [0.2, 0.25) is 0 Å². The number of ether oxygens (including phenoxy) is 1. The number of hydrogen-bond donors (Lipinski definition) is 2. The zero-order chi connectivity index (χ0) is 22.4. The van der Waals surface area contributed by atoms with E-state index in [0.717, 1.165) is 12.0 Å². The molecule has 1 saturated heterocycles. The summed E-state index contributed by atoms with van der Waals surface area (Å²) >= 11 is 0. The molecule has 0 radical (unpaired) electrons. The van der Waals surface area contributed by atoms with Crippen molar-refractivity contribution in [2.24, 2.45) is 5.92 Å². The maximum Gasteiger partial charge on any atom is 0.309 e. The van der Waals surface area contributed by atoms with Crippen LogP contribution < -0.4 is 26.4 Å². The van der Waals surface area contributed by atoms with Crippen LogP contribution in [-0.2, 0) is 16.1 Å². The molecule has 3 rings (SSSR count). The minimum atomic E-state index is -0.516. The third-order valence-electron chi connectivity index (χ3n) is 5.54. The van der Waals surface area contributed by atoms with Crippen molar-refractivity contribution in [2.75, 3.05) is 36.5 Å². The van der Waals surface area contributed by atoms with E-state index in [1.165, 1.54) is 0 Å². The minimum absolute atomic E-state index is 0.114. The molecule has 0 bridgehead atoms.